The van der Waals surface area contributed by atoms with E-state index < -0.39 is 30.7 Å². The molecule has 102 valence electrons. The fourth-order valence-corrected chi connectivity index (χ4v) is 1.34. The lowest BCUT2D eigenvalue weighted by molar-refractivity contribution is -0.202. The van der Waals surface area contributed by atoms with Gasteiger partial charge in [-0.3, -0.25) is 4.79 Å². The van der Waals surface area contributed by atoms with Crippen LogP contribution in [0, 0.1) is 11.8 Å². The predicted molar refractivity (Wildman–Crippen MR) is 57.1 cm³/mol. The minimum atomic E-state index is -4.72. The minimum Gasteiger partial charge on any atom is -0.382 e. The quantitative estimate of drug-likeness (QED) is 0.653. The molecule has 17 heavy (non-hydrogen) atoms. The van der Waals surface area contributed by atoms with Crippen LogP contribution in [0.5, 0.6) is 0 Å². The third-order valence-corrected chi connectivity index (χ3v) is 2.26. The average Bonchev–Trinajstić information content (AvgIpc) is 2.20. The molecule has 4 nitrogen and oxygen atoms in total. The summed E-state index contributed by atoms with van der Waals surface area (Å²) in [6.45, 7) is 3.02. The van der Waals surface area contributed by atoms with Crippen LogP contribution in [0.4, 0.5) is 13.2 Å². The van der Waals surface area contributed by atoms with Gasteiger partial charge in [0.25, 0.3) is 0 Å². The smallest absolute Gasteiger partial charge is 0.382 e. The van der Waals surface area contributed by atoms with E-state index >= 15 is 0 Å². The van der Waals surface area contributed by atoms with E-state index in [2.05, 4.69) is 5.32 Å². The van der Waals surface area contributed by atoms with Crippen molar-refractivity contribution in [2.24, 2.45) is 17.6 Å². The molecule has 0 saturated carbocycles. The summed E-state index contributed by atoms with van der Waals surface area (Å²) in [4.78, 5) is 11.5. The number of carbonyl (C=O) groups is 1. The van der Waals surface area contributed by atoms with Crippen LogP contribution in [-0.4, -0.2) is 36.4 Å². The van der Waals surface area contributed by atoms with E-state index in [-0.39, 0.29) is 12.5 Å². The maximum Gasteiger partial charge on any atom is 0.416 e. The van der Waals surface area contributed by atoms with Crippen molar-refractivity contribution < 1.29 is 23.1 Å². The van der Waals surface area contributed by atoms with Gasteiger partial charge in [0.15, 0.2) is 6.10 Å². The lowest BCUT2D eigenvalue weighted by Gasteiger charge is -2.19. The first-order valence-electron chi connectivity index (χ1n) is 5.41. The van der Waals surface area contributed by atoms with E-state index in [0.717, 1.165) is 0 Å². The van der Waals surface area contributed by atoms with Crippen molar-refractivity contribution in [3.05, 3.63) is 0 Å². The van der Waals surface area contributed by atoms with Crippen molar-refractivity contribution in [3.63, 3.8) is 0 Å². The van der Waals surface area contributed by atoms with Gasteiger partial charge in [-0.1, -0.05) is 13.8 Å². The highest BCUT2D eigenvalue weighted by molar-refractivity contribution is 5.78. The number of nitrogens with two attached hydrogens (primary N) is 1. The number of nitrogens with one attached hydrogen (secondary N) is 1. The van der Waals surface area contributed by atoms with Crippen LogP contribution in [-0.2, 0) is 4.79 Å². The molecule has 2 atom stereocenters. The monoisotopic (exact) mass is 256 g/mol. The van der Waals surface area contributed by atoms with Crippen molar-refractivity contribution >= 4 is 5.91 Å². The van der Waals surface area contributed by atoms with Crippen LogP contribution in [0.1, 0.15) is 20.3 Å². The number of aliphatic hydroxyl groups excluding tert-OH is 1. The standard InChI is InChI=1S/C10H19F3N2O2/c1-6(2)3-7(4-14)9(17)15-5-8(16)10(11,12)13/h6-8,16H,3-5,14H2,1-2H3,(H,15,17). The molecule has 0 aromatic rings. The summed E-state index contributed by atoms with van der Waals surface area (Å²) in [6.07, 6.45) is -6.75. The van der Waals surface area contributed by atoms with Crippen LogP contribution in [0.25, 0.3) is 0 Å². The molecule has 0 aliphatic heterocycles. The Morgan fingerprint density at radius 3 is 2.29 bits per heavy atom. The van der Waals surface area contributed by atoms with E-state index in [4.69, 9.17) is 10.8 Å². The zero-order chi connectivity index (χ0) is 13.6. The molecule has 1 amide bonds. The van der Waals surface area contributed by atoms with Gasteiger partial charge in [0.2, 0.25) is 5.91 Å². The van der Waals surface area contributed by atoms with Gasteiger partial charge < -0.3 is 16.2 Å². The Labute approximate surface area is 98.4 Å². The molecule has 7 heteroatoms. The van der Waals surface area contributed by atoms with Crippen molar-refractivity contribution in [2.75, 3.05) is 13.1 Å². The molecule has 0 aromatic carbocycles. The van der Waals surface area contributed by atoms with Crippen molar-refractivity contribution in [1.29, 1.82) is 0 Å². The first kappa shape index (κ1) is 16.2. The van der Waals surface area contributed by atoms with Gasteiger partial charge in [0.05, 0.1) is 12.5 Å². The largest absolute Gasteiger partial charge is 0.416 e. The SMILES string of the molecule is CC(C)CC(CN)C(=O)NCC(O)C(F)(F)F. The fraction of sp³-hybridized carbons (Fsp3) is 0.900. The molecular weight excluding hydrogens is 237 g/mol. The first-order chi connectivity index (χ1) is 7.68. The lowest BCUT2D eigenvalue weighted by Crippen LogP contribution is -2.44. The normalized spacial score (nSPS) is 15.8. The summed E-state index contributed by atoms with van der Waals surface area (Å²) in [7, 11) is 0. The van der Waals surface area contributed by atoms with Gasteiger partial charge in [-0.2, -0.15) is 13.2 Å². The average molecular weight is 256 g/mol. The molecule has 0 saturated heterocycles. The van der Waals surface area contributed by atoms with E-state index in [1.165, 1.54) is 0 Å². The van der Waals surface area contributed by atoms with Crippen molar-refractivity contribution in [1.82, 2.24) is 5.32 Å². The van der Waals surface area contributed by atoms with Crippen LogP contribution in [0.3, 0.4) is 0 Å². The lowest BCUT2D eigenvalue weighted by atomic mass is 9.96. The number of aliphatic hydroxyl groups is 1. The van der Waals surface area contributed by atoms with Crippen LogP contribution >= 0.6 is 0 Å². The summed E-state index contributed by atoms with van der Waals surface area (Å²) in [5, 5.41) is 10.8. The van der Waals surface area contributed by atoms with Gasteiger partial charge in [0, 0.05) is 6.54 Å². The molecule has 0 spiro atoms. The maximum absolute atomic E-state index is 12.0. The van der Waals surface area contributed by atoms with Gasteiger partial charge in [-0.05, 0) is 12.3 Å². The topological polar surface area (TPSA) is 75.4 Å². The Morgan fingerprint density at radius 2 is 1.94 bits per heavy atom. The number of amides is 1. The second-order valence-corrected chi connectivity index (χ2v) is 4.36. The van der Waals surface area contributed by atoms with E-state index in [1.807, 2.05) is 13.8 Å². The number of hydrogen-bond donors (Lipinski definition) is 3. The molecule has 0 bridgehead atoms. The predicted octanol–water partition coefficient (Wildman–Crippen LogP) is 0.647. The summed E-state index contributed by atoms with van der Waals surface area (Å²) >= 11 is 0. The summed E-state index contributed by atoms with van der Waals surface area (Å²) < 4.78 is 35.9. The second-order valence-electron chi connectivity index (χ2n) is 4.36. The van der Waals surface area contributed by atoms with Gasteiger partial charge in [-0.25, -0.2) is 0 Å². The number of halogens is 3. The molecular formula is C10H19F3N2O2. The highest BCUT2D eigenvalue weighted by Gasteiger charge is 2.38. The van der Waals surface area contributed by atoms with Crippen molar-refractivity contribution in [2.45, 2.75) is 32.5 Å². The Bertz CT molecular complexity index is 244. The van der Waals surface area contributed by atoms with E-state index in [9.17, 15) is 18.0 Å². The molecule has 0 aromatic heterocycles. The molecule has 2 unspecified atom stereocenters. The maximum atomic E-state index is 12.0. The highest BCUT2D eigenvalue weighted by atomic mass is 19.4. The molecule has 0 radical (unpaired) electrons. The number of carbonyl (C=O) groups excluding carboxylic acids is 1. The minimum absolute atomic E-state index is 0.0755. The fourth-order valence-electron chi connectivity index (χ4n) is 1.34. The molecule has 0 fully saturated rings. The Balaban J connectivity index is 4.16. The Morgan fingerprint density at radius 1 is 1.41 bits per heavy atom. The van der Waals surface area contributed by atoms with Crippen molar-refractivity contribution in [3.8, 4) is 0 Å². The summed E-state index contributed by atoms with van der Waals surface area (Å²) in [5.74, 6) is -0.846. The first-order valence-corrected chi connectivity index (χ1v) is 5.41. The summed E-state index contributed by atoms with van der Waals surface area (Å²) in [5.41, 5.74) is 5.37. The molecule has 0 rings (SSSR count). The van der Waals surface area contributed by atoms with Gasteiger partial charge >= 0.3 is 6.18 Å². The Kier molecular flexibility index (Phi) is 6.48. The number of rotatable bonds is 6. The van der Waals surface area contributed by atoms with Crippen LogP contribution < -0.4 is 11.1 Å². The summed E-state index contributed by atoms with van der Waals surface area (Å²) in [6, 6.07) is 0. The zero-order valence-electron chi connectivity index (χ0n) is 9.92. The third kappa shape index (κ3) is 6.48. The van der Waals surface area contributed by atoms with Gasteiger partial charge in [0.1, 0.15) is 0 Å². The zero-order valence-corrected chi connectivity index (χ0v) is 9.92. The van der Waals surface area contributed by atoms with Gasteiger partial charge in [-0.15, -0.1) is 0 Å². The van der Waals surface area contributed by atoms with E-state index in [0.29, 0.717) is 6.42 Å². The van der Waals surface area contributed by atoms with E-state index in [1.54, 1.807) is 0 Å². The Hall–Kier alpha value is -0.820. The third-order valence-electron chi connectivity index (χ3n) is 2.26. The second kappa shape index (κ2) is 6.80. The molecule has 0 heterocycles. The molecule has 0 aliphatic rings. The number of hydrogen-bond acceptors (Lipinski definition) is 3. The van der Waals surface area contributed by atoms with Crippen LogP contribution in [0.15, 0.2) is 0 Å². The highest BCUT2D eigenvalue weighted by Crippen LogP contribution is 2.19. The molecule has 4 N–H and O–H groups in total. The van der Waals surface area contributed by atoms with Crippen LogP contribution in [0.2, 0.25) is 0 Å². The molecule has 0 aliphatic carbocycles. The number of alkyl halides is 3.